The molecular formula is C11H17NOS. The van der Waals surface area contributed by atoms with E-state index in [0.717, 1.165) is 19.5 Å². The fraction of sp³-hybridized carbons (Fsp3) is 0.636. The summed E-state index contributed by atoms with van der Waals surface area (Å²) in [5.74, 6) is 0. The highest BCUT2D eigenvalue weighted by Gasteiger charge is 2.23. The quantitative estimate of drug-likeness (QED) is 0.826. The van der Waals surface area contributed by atoms with Crippen LogP contribution in [-0.2, 0) is 6.54 Å². The minimum atomic E-state index is 0.310. The molecular weight excluding hydrogens is 194 g/mol. The predicted molar refractivity (Wildman–Crippen MR) is 59.6 cm³/mol. The van der Waals surface area contributed by atoms with E-state index in [1.807, 2.05) is 11.3 Å². The first-order valence-electron chi connectivity index (χ1n) is 5.20. The molecule has 1 atom stereocenters. The van der Waals surface area contributed by atoms with Crippen molar-refractivity contribution < 1.29 is 5.11 Å². The van der Waals surface area contributed by atoms with Crippen molar-refractivity contribution in [3.05, 3.63) is 21.9 Å². The second-order valence-corrected chi connectivity index (χ2v) is 5.33. The van der Waals surface area contributed by atoms with Crippen molar-refractivity contribution >= 4 is 11.3 Å². The van der Waals surface area contributed by atoms with E-state index in [2.05, 4.69) is 24.0 Å². The van der Waals surface area contributed by atoms with Crippen molar-refractivity contribution in [2.45, 2.75) is 32.4 Å². The Hall–Kier alpha value is -0.380. The number of hydrogen-bond acceptors (Lipinski definition) is 3. The highest BCUT2D eigenvalue weighted by atomic mass is 32.1. The Bertz CT molecular complexity index is 297. The molecule has 1 aliphatic heterocycles. The number of aryl methyl sites for hydroxylation is 1. The number of likely N-dealkylation sites (tertiary alicyclic amines) is 1. The molecule has 0 radical (unpaired) electrons. The van der Waals surface area contributed by atoms with Gasteiger partial charge in [-0.05, 0) is 38.4 Å². The summed E-state index contributed by atoms with van der Waals surface area (Å²) in [5, 5.41) is 9.18. The lowest BCUT2D eigenvalue weighted by molar-refractivity contribution is 0.154. The zero-order chi connectivity index (χ0) is 9.97. The molecule has 14 heavy (non-hydrogen) atoms. The van der Waals surface area contributed by atoms with Gasteiger partial charge in [0.25, 0.3) is 0 Å². The summed E-state index contributed by atoms with van der Waals surface area (Å²) in [6.07, 6.45) is 2.39. The average Bonchev–Trinajstić information content (AvgIpc) is 2.76. The normalized spacial score (nSPS) is 23.1. The van der Waals surface area contributed by atoms with Crippen LogP contribution >= 0.6 is 11.3 Å². The van der Waals surface area contributed by atoms with Gasteiger partial charge in [0.2, 0.25) is 0 Å². The zero-order valence-electron chi connectivity index (χ0n) is 8.57. The number of thiophene rings is 1. The molecule has 1 fully saturated rings. The van der Waals surface area contributed by atoms with Gasteiger partial charge in [0.15, 0.2) is 0 Å². The van der Waals surface area contributed by atoms with Gasteiger partial charge >= 0.3 is 0 Å². The predicted octanol–water partition coefficient (Wildman–Crippen LogP) is 2.01. The van der Waals surface area contributed by atoms with E-state index in [9.17, 15) is 5.11 Å². The van der Waals surface area contributed by atoms with Crippen LogP contribution in [0.4, 0.5) is 0 Å². The van der Waals surface area contributed by atoms with Crippen molar-refractivity contribution in [3.63, 3.8) is 0 Å². The maximum absolute atomic E-state index is 9.18. The van der Waals surface area contributed by atoms with Crippen LogP contribution in [0.3, 0.4) is 0 Å². The molecule has 3 heteroatoms. The summed E-state index contributed by atoms with van der Waals surface area (Å²) in [4.78, 5) is 5.19. The Labute approximate surface area is 89.2 Å². The van der Waals surface area contributed by atoms with Crippen molar-refractivity contribution in [2.75, 3.05) is 13.2 Å². The third-order valence-corrected chi connectivity index (χ3v) is 3.85. The van der Waals surface area contributed by atoms with Crippen LogP contribution in [0.5, 0.6) is 0 Å². The Morgan fingerprint density at radius 2 is 2.43 bits per heavy atom. The SMILES string of the molecule is Cc1ccc(CN2CCC[C@H]2CO)s1. The second-order valence-electron chi connectivity index (χ2n) is 3.96. The van der Waals surface area contributed by atoms with E-state index < -0.39 is 0 Å². The summed E-state index contributed by atoms with van der Waals surface area (Å²) in [6, 6.07) is 4.77. The molecule has 78 valence electrons. The van der Waals surface area contributed by atoms with Gasteiger partial charge in [-0.3, -0.25) is 4.90 Å². The lowest BCUT2D eigenvalue weighted by atomic mass is 10.2. The van der Waals surface area contributed by atoms with Gasteiger partial charge in [-0.25, -0.2) is 0 Å². The van der Waals surface area contributed by atoms with E-state index in [1.165, 1.54) is 16.2 Å². The van der Waals surface area contributed by atoms with Crippen molar-refractivity contribution in [1.82, 2.24) is 4.90 Å². The molecule has 1 aliphatic rings. The number of hydrogen-bond donors (Lipinski definition) is 1. The second kappa shape index (κ2) is 4.43. The molecule has 1 saturated heterocycles. The third kappa shape index (κ3) is 2.16. The molecule has 0 aromatic carbocycles. The molecule has 0 saturated carbocycles. The third-order valence-electron chi connectivity index (χ3n) is 2.86. The van der Waals surface area contributed by atoms with Gasteiger partial charge in [-0.2, -0.15) is 0 Å². The van der Waals surface area contributed by atoms with Crippen LogP contribution in [0.15, 0.2) is 12.1 Å². The summed E-state index contributed by atoms with van der Waals surface area (Å²) in [5.41, 5.74) is 0. The maximum Gasteiger partial charge on any atom is 0.0587 e. The first-order valence-corrected chi connectivity index (χ1v) is 6.01. The first-order chi connectivity index (χ1) is 6.79. The van der Waals surface area contributed by atoms with Gasteiger partial charge in [0, 0.05) is 22.3 Å². The number of aliphatic hydroxyl groups is 1. The summed E-state index contributed by atoms with van der Waals surface area (Å²) < 4.78 is 0. The summed E-state index contributed by atoms with van der Waals surface area (Å²) in [6.45, 7) is 4.61. The highest BCUT2D eigenvalue weighted by molar-refractivity contribution is 7.11. The zero-order valence-corrected chi connectivity index (χ0v) is 9.39. The molecule has 1 N–H and O–H groups in total. The fourth-order valence-corrected chi connectivity index (χ4v) is 3.00. The van der Waals surface area contributed by atoms with E-state index in [4.69, 9.17) is 0 Å². The van der Waals surface area contributed by atoms with Gasteiger partial charge in [0.1, 0.15) is 0 Å². The van der Waals surface area contributed by atoms with Crippen LogP contribution < -0.4 is 0 Å². The van der Waals surface area contributed by atoms with Crippen LogP contribution in [-0.4, -0.2) is 29.2 Å². The summed E-state index contributed by atoms with van der Waals surface area (Å²) in [7, 11) is 0. The topological polar surface area (TPSA) is 23.5 Å². The standard InChI is InChI=1S/C11H17NOS/c1-9-4-5-11(14-9)7-12-6-2-3-10(12)8-13/h4-5,10,13H,2-3,6-8H2,1H3/t10-/m0/s1. The Morgan fingerprint density at radius 3 is 3.07 bits per heavy atom. The molecule has 2 nitrogen and oxygen atoms in total. The van der Waals surface area contributed by atoms with Crippen LogP contribution in [0.25, 0.3) is 0 Å². The van der Waals surface area contributed by atoms with E-state index in [-0.39, 0.29) is 0 Å². The van der Waals surface area contributed by atoms with Crippen LogP contribution in [0, 0.1) is 6.92 Å². The maximum atomic E-state index is 9.18. The molecule has 1 aromatic rings. The van der Waals surface area contributed by atoms with Crippen LogP contribution in [0.2, 0.25) is 0 Å². The Morgan fingerprint density at radius 1 is 1.57 bits per heavy atom. The minimum absolute atomic E-state index is 0.310. The average molecular weight is 211 g/mol. The van der Waals surface area contributed by atoms with E-state index >= 15 is 0 Å². The molecule has 0 aliphatic carbocycles. The van der Waals surface area contributed by atoms with E-state index in [1.54, 1.807) is 0 Å². The monoisotopic (exact) mass is 211 g/mol. The summed E-state index contributed by atoms with van der Waals surface area (Å²) >= 11 is 1.86. The fourth-order valence-electron chi connectivity index (χ4n) is 2.08. The highest BCUT2D eigenvalue weighted by Crippen LogP contribution is 2.23. The lowest BCUT2D eigenvalue weighted by Gasteiger charge is -2.21. The van der Waals surface area contributed by atoms with Crippen molar-refractivity contribution in [1.29, 1.82) is 0 Å². The Balaban J connectivity index is 1.96. The van der Waals surface area contributed by atoms with Crippen LogP contribution in [0.1, 0.15) is 22.6 Å². The smallest absolute Gasteiger partial charge is 0.0587 e. The van der Waals surface area contributed by atoms with Gasteiger partial charge in [-0.15, -0.1) is 11.3 Å². The van der Waals surface area contributed by atoms with Gasteiger partial charge in [-0.1, -0.05) is 0 Å². The number of nitrogens with zero attached hydrogens (tertiary/aromatic N) is 1. The van der Waals surface area contributed by atoms with Gasteiger partial charge < -0.3 is 5.11 Å². The Kier molecular flexibility index (Phi) is 3.21. The number of rotatable bonds is 3. The molecule has 0 unspecified atom stereocenters. The molecule has 0 spiro atoms. The van der Waals surface area contributed by atoms with E-state index in [0.29, 0.717) is 12.6 Å². The molecule has 1 aromatic heterocycles. The molecule has 0 bridgehead atoms. The van der Waals surface area contributed by atoms with Crippen molar-refractivity contribution in [3.8, 4) is 0 Å². The largest absolute Gasteiger partial charge is 0.395 e. The molecule has 2 heterocycles. The number of aliphatic hydroxyl groups excluding tert-OH is 1. The van der Waals surface area contributed by atoms with Crippen molar-refractivity contribution in [2.24, 2.45) is 0 Å². The first kappa shape index (κ1) is 10.1. The molecule has 0 amide bonds. The molecule has 2 rings (SSSR count). The minimum Gasteiger partial charge on any atom is -0.395 e. The van der Waals surface area contributed by atoms with Gasteiger partial charge in [0.05, 0.1) is 6.61 Å². The lowest BCUT2D eigenvalue weighted by Crippen LogP contribution is -2.31.